The van der Waals surface area contributed by atoms with Crippen molar-refractivity contribution in [3.05, 3.63) is 42.2 Å². The Hall–Kier alpha value is -2.21. The summed E-state index contributed by atoms with van der Waals surface area (Å²) in [6.45, 7) is 3.83. The van der Waals surface area contributed by atoms with Gasteiger partial charge in [-0.05, 0) is 24.1 Å². The summed E-state index contributed by atoms with van der Waals surface area (Å²) in [6, 6.07) is 6.84. The Morgan fingerprint density at radius 2 is 2.25 bits per heavy atom. The number of carbonyl (C=O) groups is 1. The Bertz CT molecular complexity index is 566. The number of aromatic nitrogens is 3. The molecule has 6 nitrogen and oxygen atoms in total. The number of aliphatic hydroxyl groups excluding tert-OH is 1. The van der Waals surface area contributed by atoms with Gasteiger partial charge in [0.2, 0.25) is 0 Å². The van der Waals surface area contributed by atoms with Gasteiger partial charge in [-0.3, -0.25) is 4.79 Å². The summed E-state index contributed by atoms with van der Waals surface area (Å²) < 4.78 is 1.59. The molecule has 2 aromatic rings. The topological polar surface area (TPSA) is 80.0 Å². The Balaban J connectivity index is 2.17. The lowest BCUT2D eigenvalue weighted by molar-refractivity contribution is 0.0897. The first-order valence-electron chi connectivity index (χ1n) is 6.50. The number of nitrogens with zero attached hydrogens (tertiary/aromatic N) is 3. The van der Waals surface area contributed by atoms with Crippen molar-refractivity contribution in [1.82, 2.24) is 20.3 Å². The fraction of sp³-hybridized carbons (Fsp3) is 0.357. The molecule has 0 saturated carbocycles. The van der Waals surface area contributed by atoms with E-state index in [0.717, 1.165) is 5.69 Å². The van der Waals surface area contributed by atoms with Crippen LogP contribution in [0.2, 0.25) is 0 Å². The van der Waals surface area contributed by atoms with Gasteiger partial charge in [0.25, 0.3) is 5.91 Å². The molecular weight excluding hydrogens is 256 g/mol. The van der Waals surface area contributed by atoms with Gasteiger partial charge in [-0.15, -0.1) is 5.10 Å². The van der Waals surface area contributed by atoms with E-state index in [-0.39, 0.29) is 24.5 Å². The van der Waals surface area contributed by atoms with Crippen LogP contribution in [0.4, 0.5) is 0 Å². The lowest BCUT2D eigenvalue weighted by Gasteiger charge is -2.20. The lowest BCUT2D eigenvalue weighted by Crippen LogP contribution is -2.41. The molecule has 0 aliphatic carbocycles. The number of hydrogen-bond acceptors (Lipinski definition) is 4. The van der Waals surface area contributed by atoms with Gasteiger partial charge in [0.15, 0.2) is 0 Å². The third kappa shape index (κ3) is 3.21. The zero-order valence-electron chi connectivity index (χ0n) is 11.5. The van der Waals surface area contributed by atoms with E-state index in [9.17, 15) is 9.90 Å². The minimum absolute atomic E-state index is 0.0772. The molecule has 1 atom stereocenters. The van der Waals surface area contributed by atoms with Crippen LogP contribution in [0.1, 0.15) is 24.2 Å². The van der Waals surface area contributed by atoms with Crippen LogP contribution in [-0.2, 0) is 0 Å². The highest BCUT2D eigenvalue weighted by Gasteiger charge is 2.16. The van der Waals surface area contributed by atoms with Gasteiger partial charge < -0.3 is 10.4 Å². The number of rotatable bonds is 5. The SMILES string of the molecule is CC(C)[C@@H](CO)NC(=O)c1cccc(-n2ccnn2)c1. The van der Waals surface area contributed by atoms with Crippen LogP contribution in [0.15, 0.2) is 36.7 Å². The van der Waals surface area contributed by atoms with Crippen molar-refractivity contribution in [1.29, 1.82) is 0 Å². The highest BCUT2D eigenvalue weighted by molar-refractivity contribution is 5.94. The minimum Gasteiger partial charge on any atom is -0.394 e. The summed E-state index contributed by atoms with van der Waals surface area (Å²) in [6.07, 6.45) is 3.29. The quantitative estimate of drug-likeness (QED) is 0.853. The summed E-state index contributed by atoms with van der Waals surface area (Å²) in [5.41, 5.74) is 1.29. The molecule has 0 aliphatic rings. The molecular formula is C14H18N4O2. The van der Waals surface area contributed by atoms with Crippen molar-refractivity contribution in [3.63, 3.8) is 0 Å². The van der Waals surface area contributed by atoms with Crippen LogP contribution < -0.4 is 5.32 Å². The number of amides is 1. The highest BCUT2D eigenvalue weighted by atomic mass is 16.3. The second-order valence-corrected chi connectivity index (χ2v) is 4.90. The molecule has 1 heterocycles. The van der Waals surface area contributed by atoms with Crippen molar-refractivity contribution < 1.29 is 9.90 Å². The average Bonchev–Trinajstić information content (AvgIpc) is 2.98. The predicted molar refractivity (Wildman–Crippen MR) is 74.5 cm³/mol. The van der Waals surface area contributed by atoms with E-state index >= 15 is 0 Å². The van der Waals surface area contributed by atoms with Gasteiger partial charge >= 0.3 is 0 Å². The largest absolute Gasteiger partial charge is 0.394 e. The molecule has 0 saturated heterocycles. The van der Waals surface area contributed by atoms with E-state index in [1.807, 2.05) is 19.9 Å². The van der Waals surface area contributed by atoms with Crippen LogP contribution in [0, 0.1) is 5.92 Å². The summed E-state index contributed by atoms with van der Waals surface area (Å²) >= 11 is 0. The van der Waals surface area contributed by atoms with Crippen molar-refractivity contribution >= 4 is 5.91 Å². The first-order chi connectivity index (χ1) is 9.61. The van der Waals surface area contributed by atoms with Gasteiger partial charge in [0, 0.05) is 5.56 Å². The smallest absolute Gasteiger partial charge is 0.251 e. The zero-order valence-corrected chi connectivity index (χ0v) is 11.5. The molecule has 2 rings (SSSR count). The van der Waals surface area contributed by atoms with Crippen LogP contribution in [0.25, 0.3) is 5.69 Å². The molecule has 0 aliphatic heterocycles. The minimum atomic E-state index is -0.252. The Labute approximate surface area is 117 Å². The van der Waals surface area contributed by atoms with E-state index in [2.05, 4.69) is 15.6 Å². The van der Waals surface area contributed by atoms with Crippen molar-refractivity contribution in [3.8, 4) is 5.69 Å². The van der Waals surface area contributed by atoms with Gasteiger partial charge in [-0.25, -0.2) is 4.68 Å². The molecule has 0 radical (unpaired) electrons. The van der Waals surface area contributed by atoms with Crippen LogP contribution in [0.3, 0.4) is 0 Å². The summed E-state index contributed by atoms with van der Waals surface area (Å²) in [5, 5.41) is 19.7. The highest BCUT2D eigenvalue weighted by Crippen LogP contribution is 2.10. The van der Waals surface area contributed by atoms with Crippen molar-refractivity contribution in [2.75, 3.05) is 6.61 Å². The van der Waals surface area contributed by atoms with Crippen LogP contribution in [-0.4, -0.2) is 38.7 Å². The molecule has 2 N–H and O–H groups in total. The average molecular weight is 274 g/mol. The standard InChI is InChI=1S/C14H18N4O2/c1-10(2)13(9-19)16-14(20)11-4-3-5-12(8-11)18-7-6-15-17-18/h3-8,10,13,19H,9H2,1-2H3,(H,16,20)/t13-/m1/s1. The molecule has 0 unspecified atom stereocenters. The van der Waals surface area contributed by atoms with E-state index in [4.69, 9.17) is 0 Å². The van der Waals surface area contributed by atoms with E-state index in [1.54, 1.807) is 35.3 Å². The lowest BCUT2D eigenvalue weighted by atomic mass is 10.0. The molecule has 1 aromatic heterocycles. The Kier molecular flexibility index (Phi) is 4.47. The fourth-order valence-electron chi connectivity index (χ4n) is 1.81. The van der Waals surface area contributed by atoms with Gasteiger partial charge in [-0.1, -0.05) is 25.1 Å². The maximum atomic E-state index is 12.2. The number of nitrogens with one attached hydrogen (secondary N) is 1. The van der Waals surface area contributed by atoms with Crippen molar-refractivity contribution in [2.45, 2.75) is 19.9 Å². The second-order valence-electron chi connectivity index (χ2n) is 4.90. The fourth-order valence-corrected chi connectivity index (χ4v) is 1.81. The Morgan fingerprint density at radius 1 is 1.45 bits per heavy atom. The summed E-state index contributed by atoms with van der Waals surface area (Å²) in [5.74, 6) is -0.0397. The maximum absolute atomic E-state index is 12.2. The number of carbonyl (C=O) groups excluding carboxylic acids is 1. The maximum Gasteiger partial charge on any atom is 0.251 e. The van der Waals surface area contributed by atoms with E-state index in [0.29, 0.717) is 5.56 Å². The van der Waals surface area contributed by atoms with E-state index in [1.165, 1.54) is 0 Å². The summed E-state index contributed by atoms with van der Waals surface area (Å²) in [4.78, 5) is 12.2. The third-order valence-electron chi connectivity index (χ3n) is 3.11. The van der Waals surface area contributed by atoms with E-state index < -0.39 is 0 Å². The molecule has 0 spiro atoms. The predicted octanol–water partition coefficient (Wildman–Crippen LogP) is 1.01. The number of aliphatic hydroxyl groups is 1. The molecule has 20 heavy (non-hydrogen) atoms. The summed E-state index contributed by atoms with van der Waals surface area (Å²) in [7, 11) is 0. The van der Waals surface area contributed by atoms with Crippen LogP contribution >= 0.6 is 0 Å². The third-order valence-corrected chi connectivity index (χ3v) is 3.11. The van der Waals surface area contributed by atoms with Crippen LogP contribution in [0.5, 0.6) is 0 Å². The molecule has 106 valence electrons. The number of benzene rings is 1. The van der Waals surface area contributed by atoms with Gasteiger partial charge in [-0.2, -0.15) is 0 Å². The first-order valence-corrected chi connectivity index (χ1v) is 6.50. The molecule has 1 aromatic carbocycles. The van der Waals surface area contributed by atoms with Crippen molar-refractivity contribution in [2.24, 2.45) is 5.92 Å². The first kappa shape index (κ1) is 14.2. The van der Waals surface area contributed by atoms with Gasteiger partial charge in [0.1, 0.15) is 0 Å². The zero-order chi connectivity index (χ0) is 14.5. The Morgan fingerprint density at radius 3 is 2.85 bits per heavy atom. The van der Waals surface area contributed by atoms with Gasteiger partial charge in [0.05, 0.1) is 30.7 Å². The molecule has 0 fully saturated rings. The molecule has 1 amide bonds. The second kappa shape index (κ2) is 6.29. The molecule has 0 bridgehead atoms. The normalized spacial score (nSPS) is 12.4. The number of hydrogen-bond donors (Lipinski definition) is 2. The molecule has 6 heteroatoms. The monoisotopic (exact) mass is 274 g/mol.